The summed E-state index contributed by atoms with van der Waals surface area (Å²) >= 11 is 5.51. The Morgan fingerprint density at radius 3 is 2.42 bits per heavy atom. The number of pyridine rings is 1. The predicted octanol–water partition coefficient (Wildman–Crippen LogP) is 2.96. The fourth-order valence-electron chi connectivity index (χ4n) is 1.83. The molecular formula is C16H17ClF3NO5. The van der Waals surface area contributed by atoms with E-state index in [4.69, 9.17) is 21.1 Å². The van der Waals surface area contributed by atoms with Crippen LogP contribution >= 0.6 is 11.6 Å². The molecule has 0 bridgehead atoms. The van der Waals surface area contributed by atoms with Crippen LogP contribution in [0.5, 0.6) is 0 Å². The van der Waals surface area contributed by atoms with Gasteiger partial charge in [-0.15, -0.1) is 0 Å². The van der Waals surface area contributed by atoms with E-state index in [9.17, 15) is 27.6 Å². The largest absolute Gasteiger partial charge is 0.466 e. The molecule has 1 aromatic heterocycles. The van der Waals surface area contributed by atoms with Crippen molar-refractivity contribution in [1.82, 2.24) is 4.57 Å². The van der Waals surface area contributed by atoms with Gasteiger partial charge in [-0.25, -0.2) is 4.79 Å². The van der Waals surface area contributed by atoms with Gasteiger partial charge in [-0.3, -0.25) is 9.59 Å². The fourth-order valence-corrected chi connectivity index (χ4v) is 2.05. The Bertz CT molecular complexity index is 715. The Hall–Kier alpha value is -2.29. The highest BCUT2D eigenvalue weighted by atomic mass is 35.5. The smallest absolute Gasteiger partial charge is 0.417 e. The lowest BCUT2D eigenvalue weighted by atomic mass is 10.2. The summed E-state index contributed by atoms with van der Waals surface area (Å²) in [7, 11) is 0. The average Bonchev–Trinajstić information content (AvgIpc) is 2.57. The Morgan fingerprint density at radius 2 is 1.85 bits per heavy atom. The second-order valence-corrected chi connectivity index (χ2v) is 5.53. The molecule has 10 heteroatoms. The van der Waals surface area contributed by atoms with E-state index >= 15 is 0 Å². The number of rotatable bonds is 9. The minimum atomic E-state index is -4.66. The van der Waals surface area contributed by atoms with Gasteiger partial charge in [0.05, 0.1) is 25.2 Å². The Kier molecular flexibility index (Phi) is 8.37. The first kappa shape index (κ1) is 21.8. The van der Waals surface area contributed by atoms with Crippen LogP contribution in [0.4, 0.5) is 13.2 Å². The predicted molar refractivity (Wildman–Crippen MR) is 86.7 cm³/mol. The quantitative estimate of drug-likeness (QED) is 0.365. The number of ether oxygens (including phenoxy) is 2. The maximum Gasteiger partial charge on any atom is 0.417 e. The summed E-state index contributed by atoms with van der Waals surface area (Å²) in [6.45, 7) is 3.15. The second-order valence-electron chi connectivity index (χ2n) is 5.12. The highest BCUT2D eigenvalue weighted by Gasteiger charge is 2.32. The molecule has 0 fully saturated rings. The zero-order valence-corrected chi connectivity index (χ0v) is 14.4. The minimum Gasteiger partial charge on any atom is -0.466 e. The summed E-state index contributed by atoms with van der Waals surface area (Å²) in [4.78, 5) is 34.1. The lowest BCUT2D eigenvalue weighted by molar-refractivity contribution is -0.144. The van der Waals surface area contributed by atoms with Crippen LogP contribution in [0.3, 0.4) is 0 Å². The third kappa shape index (κ3) is 7.30. The number of unbranched alkanes of at least 4 members (excludes halogenated alkanes) is 1. The van der Waals surface area contributed by atoms with E-state index in [1.54, 1.807) is 0 Å². The molecule has 1 rings (SSSR count). The Balaban J connectivity index is 2.43. The number of halogens is 4. The molecule has 26 heavy (non-hydrogen) atoms. The summed E-state index contributed by atoms with van der Waals surface area (Å²) < 4.78 is 48.5. The molecule has 6 nitrogen and oxygen atoms in total. The molecule has 0 N–H and O–H groups in total. The van der Waals surface area contributed by atoms with E-state index in [0.29, 0.717) is 25.1 Å². The molecule has 1 heterocycles. The number of aromatic nitrogens is 1. The number of nitrogens with zero attached hydrogens (tertiary/aromatic N) is 1. The minimum absolute atomic E-state index is 0.0583. The van der Waals surface area contributed by atoms with Crippen LogP contribution in [0.2, 0.25) is 5.02 Å². The lowest BCUT2D eigenvalue weighted by Crippen LogP contribution is -2.24. The molecule has 0 radical (unpaired) electrons. The molecule has 0 saturated carbocycles. The summed E-state index contributed by atoms with van der Waals surface area (Å²) in [6.07, 6.45) is -2.41. The van der Waals surface area contributed by atoms with Crippen molar-refractivity contribution in [3.05, 3.63) is 45.9 Å². The third-order valence-corrected chi connectivity index (χ3v) is 3.41. The average molecular weight is 396 g/mol. The molecule has 0 saturated heterocycles. The Morgan fingerprint density at radius 1 is 1.23 bits per heavy atom. The van der Waals surface area contributed by atoms with E-state index < -0.39 is 34.3 Å². The van der Waals surface area contributed by atoms with E-state index in [1.807, 2.05) is 0 Å². The van der Waals surface area contributed by atoms with E-state index in [1.165, 1.54) is 0 Å². The van der Waals surface area contributed by atoms with Crippen LogP contribution in [0.25, 0.3) is 0 Å². The number of hydrogen-bond acceptors (Lipinski definition) is 5. The van der Waals surface area contributed by atoms with Crippen molar-refractivity contribution >= 4 is 23.5 Å². The van der Waals surface area contributed by atoms with E-state index in [0.717, 1.165) is 10.6 Å². The second kappa shape index (κ2) is 10.0. The third-order valence-electron chi connectivity index (χ3n) is 3.14. The standard InChI is InChI=1S/C16H17ClF3NO5/c1-2-13(22)25-7-3-4-8-26-14(23)5-6-21-10-11(16(18,19)20)9-12(17)15(21)24/h2,9-10H,1,3-8H2. The van der Waals surface area contributed by atoms with Gasteiger partial charge in [0.15, 0.2) is 0 Å². The Labute approximate surface area is 152 Å². The summed E-state index contributed by atoms with van der Waals surface area (Å²) in [5.74, 6) is -1.22. The monoisotopic (exact) mass is 395 g/mol. The topological polar surface area (TPSA) is 74.6 Å². The number of hydrogen-bond donors (Lipinski definition) is 0. The molecule has 0 aliphatic carbocycles. The van der Waals surface area contributed by atoms with Crippen molar-refractivity contribution in [1.29, 1.82) is 0 Å². The molecule has 0 spiro atoms. The van der Waals surface area contributed by atoms with Gasteiger partial charge < -0.3 is 14.0 Å². The molecule has 144 valence electrons. The molecule has 0 atom stereocenters. The van der Waals surface area contributed by atoms with Crippen molar-refractivity contribution in [2.75, 3.05) is 13.2 Å². The molecule has 0 unspecified atom stereocenters. The van der Waals surface area contributed by atoms with Crippen LogP contribution < -0.4 is 5.56 Å². The molecule has 0 amide bonds. The van der Waals surface area contributed by atoms with E-state index in [2.05, 4.69) is 6.58 Å². The first-order valence-corrected chi connectivity index (χ1v) is 7.95. The van der Waals surface area contributed by atoms with E-state index in [-0.39, 0.29) is 26.2 Å². The maximum absolute atomic E-state index is 12.7. The lowest BCUT2D eigenvalue weighted by Gasteiger charge is -2.11. The summed E-state index contributed by atoms with van der Waals surface area (Å²) in [5.41, 5.74) is -1.90. The molecule has 1 aromatic rings. The van der Waals surface area contributed by atoms with Gasteiger partial charge in [-0.1, -0.05) is 18.2 Å². The number of aryl methyl sites for hydroxylation is 1. The SMILES string of the molecule is C=CC(=O)OCCCCOC(=O)CCn1cc(C(F)(F)F)cc(Cl)c1=O. The maximum atomic E-state index is 12.7. The first-order valence-electron chi connectivity index (χ1n) is 7.57. The molecule has 0 aliphatic rings. The van der Waals surface area contributed by atoms with Gasteiger partial charge in [-0.05, 0) is 18.9 Å². The van der Waals surface area contributed by atoms with Crippen molar-refractivity contribution in [3.63, 3.8) is 0 Å². The van der Waals surface area contributed by atoms with Crippen LogP contribution in [-0.4, -0.2) is 29.7 Å². The highest BCUT2D eigenvalue weighted by molar-refractivity contribution is 6.30. The van der Waals surface area contributed by atoms with Crippen LogP contribution in [0.15, 0.2) is 29.7 Å². The van der Waals surface area contributed by atoms with Gasteiger partial charge in [0, 0.05) is 18.8 Å². The number of carbonyl (C=O) groups is 2. The van der Waals surface area contributed by atoms with Gasteiger partial charge in [0.25, 0.3) is 5.56 Å². The van der Waals surface area contributed by atoms with Crippen molar-refractivity contribution in [2.24, 2.45) is 0 Å². The number of carbonyl (C=O) groups excluding carboxylic acids is 2. The van der Waals surface area contributed by atoms with Gasteiger partial charge in [-0.2, -0.15) is 13.2 Å². The van der Waals surface area contributed by atoms with Crippen molar-refractivity contribution < 1.29 is 32.2 Å². The number of alkyl halides is 3. The van der Waals surface area contributed by atoms with Gasteiger partial charge >= 0.3 is 18.1 Å². The first-order chi connectivity index (χ1) is 12.1. The van der Waals surface area contributed by atoms with Crippen LogP contribution in [-0.2, 0) is 31.8 Å². The van der Waals surface area contributed by atoms with Gasteiger partial charge in [0.1, 0.15) is 5.02 Å². The zero-order chi connectivity index (χ0) is 19.7. The number of esters is 2. The van der Waals surface area contributed by atoms with Crippen molar-refractivity contribution in [2.45, 2.75) is 32.0 Å². The van der Waals surface area contributed by atoms with Crippen molar-refractivity contribution in [3.8, 4) is 0 Å². The molecular weight excluding hydrogens is 379 g/mol. The fraction of sp³-hybridized carbons (Fsp3) is 0.438. The molecule has 0 aromatic carbocycles. The zero-order valence-electron chi connectivity index (χ0n) is 13.7. The van der Waals surface area contributed by atoms with Crippen LogP contribution in [0.1, 0.15) is 24.8 Å². The normalized spacial score (nSPS) is 11.1. The van der Waals surface area contributed by atoms with Crippen LogP contribution in [0, 0.1) is 0 Å². The highest BCUT2D eigenvalue weighted by Crippen LogP contribution is 2.29. The van der Waals surface area contributed by atoms with Gasteiger partial charge in [0.2, 0.25) is 0 Å². The molecule has 0 aliphatic heterocycles. The summed E-state index contributed by atoms with van der Waals surface area (Å²) in [5, 5.41) is -0.581. The summed E-state index contributed by atoms with van der Waals surface area (Å²) in [6, 6.07) is 0.540.